The molecule has 2 amide bonds. The van der Waals surface area contributed by atoms with Gasteiger partial charge in [0, 0.05) is 42.5 Å². The van der Waals surface area contributed by atoms with Gasteiger partial charge in [-0.1, -0.05) is 29.8 Å². The predicted octanol–water partition coefficient (Wildman–Crippen LogP) is 3.70. The first-order chi connectivity index (χ1) is 13.0. The normalized spacial score (nSPS) is 14.3. The molecule has 2 aromatic carbocycles. The van der Waals surface area contributed by atoms with E-state index in [0.717, 1.165) is 11.3 Å². The van der Waals surface area contributed by atoms with Gasteiger partial charge in [-0.05, 0) is 35.9 Å². The average Bonchev–Trinajstić information content (AvgIpc) is 2.69. The maximum absolute atomic E-state index is 13.3. The van der Waals surface area contributed by atoms with Crippen LogP contribution < -0.4 is 0 Å². The van der Waals surface area contributed by atoms with Crippen LogP contribution in [0, 0.1) is 5.82 Å². The van der Waals surface area contributed by atoms with Gasteiger partial charge in [-0.15, -0.1) is 11.8 Å². The third kappa shape index (κ3) is 5.47. The van der Waals surface area contributed by atoms with Gasteiger partial charge in [-0.3, -0.25) is 9.59 Å². The highest BCUT2D eigenvalue weighted by atomic mass is 35.5. The van der Waals surface area contributed by atoms with E-state index in [-0.39, 0.29) is 11.8 Å². The van der Waals surface area contributed by atoms with Gasteiger partial charge in [-0.2, -0.15) is 0 Å². The lowest BCUT2D eigenvalue weighted by atomic mass is 10.1. The van der Waals surface area contributed by atoms with E-state index in [2.05, 4.69) is 0 Å². The first-order valence-corrected chi connectivity index (χ1v) is 10.2. The Balaban J connectivity index is 1.43. The second-order valence-corrected chi connectivity index (χ2v) is 7.72. The summed E-state index contributed by atoms with van der Waals surface area (Å²) in [5.74, 6) is 0.611. The van der Waals surface area contributed by atoms with E-state index < -0.39 is 5.82 Å². The first kappa shape index (κ1) is 19.7. The average molecular weight is 407 g/mol. The summed E-state index contributed by atoms with van der Waals surface area (Å²) in [6.07, 6.45) is 0. The molecule has 1 heterocycles. The molecule has 1 aliphatic heterocycles. The number of piperazine rings is 1. The minimum absolute atomic E-state index is 0.0758. The SMILES string of the molecule is O=C(CSCc1ccc(Cl)cc1)N1CCN(C(=O)c2cccc(F)c2)CC1. The van der Waals surface area contributed by atoms with Crippen molar-refractivity contribution in [1.82, 2.24) is 9.80 Å². The zero-order valence-corrected chi connectivity index (χ0v) is 16.3. The monoisotopic (exact) mass is 406 g/mol. The van der Waals surface area contributed by atoms with Crippen molar-refractivity contribution in [2.24, 2.45) is 0 Å². The molecule has 2 aromatic rings. The van der Waals surface area contributed by atoms with Gasteiger partial charge in [0.1, 0.15) is 5.82 Å². The summed E-state index contributed by atoms with van der Waals surface area (Å²) in [6.45, 7) is 1.93. The fourth-order valence-electron chi connectivity index (χ4n) is 2.89. The van der Waals surface area contributed by atoms with E-state index in [1.54, 1.807) is 27.6 Å². The standard InChI is InChI=1S/C20H20ClFN2O2S/c21-17-6-4-15(5-7-17)13-27-14-19(25)23-8-10-24(11-9-23)20(26)16-2-1-3-18(22)12-16/h1-7,12H,8-11,13-14H2. The Bertz CT molecular complexity index is 808. The van der Waals surface area contributed by atoms with Crippen LogP contribution in [0.4, 0.5) is 4.39 Å². The molecule has 0 aliphatic carbocycles. The van der Waals surface area contributed by atoms with Crippen LogP contribution in [-0.2, 0) is 10.5 Å². The molecule has 0 radical (unpaired) electrons. The number of halogens is 2. The van der Waals surface area contributed by atoms with Gasteiger partial charge in [0.25, 0.3) is 5.91 Å². The Morgan fingerprint density at radius 2 is 1.67 bits per heavy atom. The summed E-state index contributed by atoms with van der Waals surface area (Å²) in [5.41, 5.74) is 1.47. The van der Waals surface area contributed by atoms with Crippen molar-refractivity contribution >= 4 is 35.2 Å². The number of rotatable bonds is 5. The Hall–Kier alpha value is -2.05. The second kappa shape index (κ2) is 9.24. The highest BCUT2D eigenvalue weighted by molar-refractivity contribution is 7.99. The quantitative estimate of drug-likeness (QED) is 0.760. The Kier molecular flexibility index (Phi) is 6.74. The highest BCUT2D eigenvalue weighted by Crippen LogP contribution is 2.17. The summed E-state index contributed by atoms with van der Waals surface area (Å²) in [4.78, 5) is 28.2. The lowest BCUT2D eigenvalue weighted by molar-refractivity contribution is -0.129. The van der Waals surface area contributed by atoms with E-state index in [9.17, 15) is 14.0 Å². The van der Waals surface area contributed by atoms with E-state index >= 15 is 0 Å². The van der Waals surface area contributed by atoms with Crippen LogP contribution in [0.1, 0.15) is 15.9 Å². The van der Waals surface area contributed by atoms with E-state index in [0.29, 0.717) is 42.5 Å². The topological polar surface area (TPSA) is 40.6 Å². The number of benzene rings is 2. The molecular weight excluding hydrogens is 387 g/mol. The first-order valence-electron chi connectivity index (χ1n) is 8.68. The Morgan fingerprint density at radius 3 is 2.33 bits per heavy atom. The number of hydrogen-bond donors (Lipinski definition) is 0. The van der Waals surface area contributed by atoms with Crippen LogP contribution >= 0.6 is 23.4 Å². The van der Waals surface area contributed by atoms with Crippen molar-refractivity contribution in [2.75, 3.05) is 31.9 Å². The van der Waals surface area contributed by atoms with Crippen molar-refractivity contribution in [3.8, 4) is 0 Å². The zero-order valence-electron chi connectivity index (χ0n) is 14.7. The number of amides is 2. The molecule has 0 saturated carbocycles. The molecule has 1 saturated heterocycles. The molecule has 7 heteroatoms. The molecule has 1 aliphatic rings. The minimum Gasteiger partial charge on any atom is -0.338 e. The Labute approximate surface area is 167 Å². The second-order valence-electron chi connectivity index (χ2n) is 6.30. The van der Waals surface area contributed by atoms with Crippen LogP contribution in [0.5, 0.6) is 0 Å². The van der Waals surface area contributed by atoms with Gasteiger partial charge in [-0.25, -0.2) is 4.39 Å². The van der Waals surface area contributed by atoms with Crippen molar-refractivity contribution in [3.05, 3.63) is 70.5 Å². The lowest BCUT2D eigenvalue weighted by Gasteiger charge is -2.34. The molecule has 142 valence electrons. The molecule has 0 unspecified atom stereocenters. The number of thioether (sulfide) groups is 1. The van der Waals surface area contributed by atoms with Gasteiger partial charge >= 0.3 is 0 Å². The van der Waals surface area contributed by atoms with E-state index in [1.165, 1.54) is 18.2 Å². The smallest absolute Gasteiger partial charge is 0.254 e. The molecule has 0 bridgehead atoms. The molecule has 0 atom stereocenters. The van der Waals surface area contributed by atoms with Crippen molar-refractivity contribution in [2.45, 2.75) is 5.75 Å². The van der Waals surface area contributed by atoms with Gasteiger partial charge in [0.05, 0.1) is 5.75 Å². The maximum Gasteiger partial charge on any atom is 0.254 e. The number of carbonyl (C=O) groups is 2. The van der Waals surface area contributed by atoms with Crippen LogP contribution in [-0.4, -0.2) is 53.5 Å². The van der Waals surface area contributed by atoms with Crippen LogP contribution in [0.25, 0.3) is 0 Å². The number of hydrogen-bond acceptors (Lipinski definition) is 3. The van der Waals surface area contributed by atoms with Crippen LogP contribution in [0.2, 0.25) is 5.02 Å². The third-order valence-electron chi connectivity index (χ3n) is 4.40. The summed E-state index contributed by atoms with van der Waals surface area (Å²) in [5, 5.41) is 0.700. The summed E-state index contributed by atoms with van der Waals surface area (Å²) in [6, 6.07) is 13.3. The van der Waals surface area contributed by atoms with Crippen molar-refractivity contribution in [3.63, 3.8) is 0 Å². The summed E-state index contributed by atoms with van der Waals surface area (Å²) >= 11 is 7.43. The molecule has 4 nitrogen and oxygen atoms in total. The number of nitrogens with zero attached hydrogens (tertiary/aromatic N) is 2. The third-order valence-corrected chi connectivity index (χ3v) is 5.64. The molecule has 0 spiro atoms. The van der Waals surface area contributed by atoms with Gasteiger partial charge in [0.2, 0.25) is 5.91 Å². The van der Waals surface area contributed by atoms with Crippen molar-refractivity contribution in [1.29, 1.82) is 0 Å². The van der Waals surface area contributed by atoms with Crippen LogP contribution in [0.15, 0.2) is 48.5 Å². The van der Waals surface area contributed by atoms with E-state index in [4.69, 9.17) is 11.6 Å². The molecule has 3 rings (SSSR count). The molecule has 0 aromatic heterocycles. The molecule has 27 heavy (non-hydrogen) atoms. The summed E-state index contributed by atoms with van der Waals surface area (Å²) < 4.78 is 13.3. The fourth-order valence-corrected chi connectivity index (χ4v) is 3.90. The molecule has 1 fully saturated rings. The zero-order chi connectivity index (χ0) is 19.2. The highest BCUT2D eigenvalue weighted by Gasteiger charge is 2.24. The largest absolute Gasteiger partial charge is 0.338 e. The summed E-state index contributed by atoms with van der Waals surface area (Å²) in [7, 11) is 0. The van der Waals surface area contributed by atoms with Crippen LogP contribution in [0.3, 0.4) is 0 Å². The van der Waals surface area contributed by atoms with Crippen molar-refractivity contribution < 1.29 is 14.0 Å². The van der Waals surface area contributed by atoms with Gasteiger partial charge in [0.15, 0.2) is 0 Å². The molecular formula is C20H20ClFN2O2S. The lowest BCUT2D eigenvalue weighted by Crippen LogP contribution is -2.51. The predicted molar refractivity (Wildman–Crippen MR) is 106 cm³/mol. The fraction of sp³-hybridized carbons (Fsp3) is 0.300. The number of carbonyl (C=O) groups excluding carboxylic acids is 2. The Morgan fingerprint density at radius 1 is 1.00 bits per heavy atom. The van der Waals surface area contributed by atoms with E-state index in [1.807, 2.05) is 24.3 Å². The maximum atomic E-state index is 13.3. The van der Waals surface area contributed by atoms with Gasteiger partial charge < -0.3 is 9.80 Å². The molecule has 0 N–H and O–H groups in total. The minimum atomic E-state index is -0.424.